The van der Waals surface area contributed by atoms with Gasteiger partial charge in [-0.2, -0.15) is 0 Å². The molecule has 0 heterocycles. The Morgan fingerprint density at radius 3 is 2.27 bits per heavy atom. The Morgan fingerprint density at radius 2 is 1.80 bits per heavy atom. The van der Waals surface area contributed by atoms with Gasteiger partial charge in [0.15, 0.2) is 7.28 Å². The molecule has 1 aromatic rings. The van der Waals surface area contributed by atoms with E-state index in [1.807, 2.05) is 32.4 Å². The molecular formula is C11H17B2O2. The molecule has 1 rings (SSSR count). The summed E-state index contributed by atoms with van der Waals surface area (Å²) in [6, 6.07) is 5.71. The van der Waals surface area contributed by atoms with Gasteiger partial charge in [-0.1, -0.05) is 55.3 Å². The number of benzene rings is 1. The van der Waals surface area contributed by atoms with E-state index >= 15 is 0 Å². The molecule has 79 valence electrons. The van der Waals surface area contributed by atoms with Crippen molar-refractivity contribution in [3.63, 3.8) is 0 Å². The van der Waals surface area contributed by atoms with E-state index in [0.717, 1.165) is 11.0 Å². The lowest BCUT2D eigenvalue weighted by molar-refractivity contribution is 0.426. The third-order valence-corrected chi connectivity index (χ3v) is 2.11. The Bertz CT molecular complexity index is 343. The van der Waals surface area contributed by atoms with Crippen molar-refractivity contribution >= 4 is 25.3 Å². The predicted octanol–water partition coefficient (Wildman–Crippen LogP) is 0.223. The maximum absolute atomic E-state index is 9.26. The minimum atomic E-state index is -1.40. The van der Waals surface area contributed by atoms with Crippen LogP contribution in [-0.2, 0) is 0 Å². The van der Waals surface area contributed by atoms with Crippen LogP contribution in [-0.4, -0.2) is 24.4 Å². The summed E-state index contributed by atoms with van der Waals surface area (Å²) >= 11 is 0. The summed E-state index contributed by atoms with van der Waals surface area (Å²) in [5.74, 6) is 0. The molecule has 1 aromatic carbocycles. The van der Waals surface area contributed by atoms with Crippen molar-refractivity contribution in [3.05, 3.63) is 23.8 Å². The smallest absolute Gasteiger partial charge is 0.423 e. The summed E-state index contributed by atoms with van der Waals surface area (Å²) in [7, 11) is 0.639. The van der Waals surface area contributed by atoms with Crippen LogP contribution in [0.5, 0.6) is 0 Å². The highest BCUT2D eigenvalue weighted by Gasteiger charge is 2.21. The fourth-order valence-electron chi connectivity index (χ4n) is 1.52. The van der Waals surface area contributed by atoms with Crippen LogP contribution in [0.3, 0.4) is 0 Å². The second kappa shape index (κ2) is 4.42. The van der Waals surface area contributed by atoms with Gasteiger partial charge in [0, 0.05) is 0 Å². The Labute approximate surface area is 92.7 Å². The second-order valence-corrected chi connectivity index (χ2v) is 5.02. The molecular weight excluding hydrogens is 186 g/mol. The van der Waals surface area contributed by atoms with Crippen molar-refractivity contribution in [1.29, 1.82) is 0 Å². The van der Waals surface area contributed by atoms with Crippen LogP contribution in [0.25, 0.3) is 0 Å². The summed E-state index contributed by atoms with van der Waals surface area (Å²) in [5, 5.41) is 18.5. The second-order valence-electron chi connectivity index (χ2n) is 5.02. The fourth-order valence-corrected chi connectivity index (χ4v) is 1.52. The van der Waals surface area contributed by atoms with E-state index in [2.05, 4.69) is 20.8 Å². The highest BCUT2D eigenvalue weighted by atomic mass is 16.4. The molecule has 0 fully saturated rings. The molecule has 0 saturated heterocycles. The lowest BCUT2D eigenvalue weighted by atomic mass is 9.48. The van der Waals surface area contributed by atoms with Gasteiger partial charge in [-0.25, -0.2) is 0 Å². The van der Waals surface area contributed by atoms with Gasteiger partial charge in [0.1, 0.15) is 0 Å². The molecule has 4 heteroatoms. The predicted molar refractivity (Wildman–Crippen MR) is 66.1 cm³/mol. The molecule has 0 aliphatic heterocycles. The van der Waals surface area contributed by atoms with Crippen LogP contribution in [0.15, 0.2) is 18.2 Å². The lowest BCUT2D eigenvalue weighted by Gasteiger charge is -2.19. The summed E-state index contributed by atoms with van der Waals surface area (Å²) in [5.41, 5.74) is 2.50. The molecule has 0 saturated carbocycles. The van der Waals surface area contributed by atoms with E-state index in [4.69, 9.17) is 0 Å². The molecule has 0 aromatic heterocycles. The van der Waals surface area contributed by atoms with Gasteiger partial charge in [0.2, 0.25) is 0 Å². The minimum Gasteiger partial charge on any atom is -0.423 e. The third kappa shape index (κ3) is 3.73. The topological polar surface area (TPSA) is 40.5 Å². The molecule has 0 atom stereocenters. The maximum Gasteiger partial charge on any atom is 0.487 e. The average Bonchev–Trinajstić information content (AvgIpc) is 2.05. The molecule has 15 heavy (non-hydrogen) atoms. The zero-order valence-electron chi connectivity index (χ0n) is 9.78. The quantitative estimate of drug-likeness (QED) is 0.675. The van der Waals surface area contributed by atoms with Crippen LogP contribution in [0, 0.1) is 6.92 Å². The molecule has 0 unspecified atom stereocenters. The first-order valence-electron chi connectivity index (χ1n) is 5.12. The normalized spacial score (nSPS) is 11.3. The van der Waals surface area contributed by atoms with Crippen molar-refractivity contribution in [2.24, 2.45) is 0 Å². The fraction of sp³-hybridized carbons (Fsp3) is 0.455. The standard InChI is InChI=1S/C11H17B2O2/c1-8-5-6-9(12-11(2,3)4)10(7-8)13(14)15/h5-7,14-15H,1-4H3. The maximum atomic E-state index is 9.26. The van der Waals surface area contributed by atoms with E-state index in [1.165, 1.54) is 0 Å². The zero-order chi connectivity index (χ0) is 11.6. The monoisotopic (exact) mass is 203 g/mol. The molecule has 0 aliphatic rings. The van der Waals surface area contributed by atoms with Gasteiger partial charge in [-0.15, -0.1) is 0 Å². The SMILES string of the molecule is Cc1ccc([B]C(C)(C)C)c(B(O)O)c1. The Hall–Kier alpha value is -0.730. The molecule has 0 amide bonds. The number of aryl methyl sites for hydroxylation is 1. The van der Waals surface area contributed by atoms with Crippen LogP contribution in [0.2, 0.25) is 5.31 Å². The number of hydrogen-bond donors (Lipinski definition) is 2. The lowest BCUT2D eigenvalue weighted by Crippen LogP contribution is -2.45. The van der Waals surface area contributed by atoms with Crippen LogP contribution >= 0.6 is 0 Å². The first kappa shape index (κ1) is 12.3. The molecule has 2 N–H and O–H groups in total. The summed E-state index contributed by atoms with van der Waals surface area (Å²) in [6.45, 7) is 8.19. The van der Waals surface area contributed by atoms with Gasteiger partial charge in [-0.3, -0.25) is 0 Å². The van der Waals surface area contributed by atoms with E-state index < -0.39 is 7.12 Å². The zero-order valence-corrected chi connectivity index (χ0v) is 9.78. The van der Waals surface area contributed by atoms with E-state index in [9.17, 15) is 10.0 Å². The first-order chi connectivity index (χ1) is 6.79. The van der Waals surface area contributed by atoms with E-state index in [1.54, 1.807) is 0 Å². The minimum absolute atomic E-state index is 0.0267. The van der Waals surface area contributed by atoms with Gasteiger partial charge < -0.3 is 10.0 Å². The van der Waals surface area contributed by atoms with Crippen molar-refractivity contribution in [1.82, 2.24) is 0 Å². The van der Waals surface area contributed by atoms with Crippen LogP contribution in [0.1, 0.15) is 26.3 Å². The molecule has 1 radical (unpaired) electrons. The summed E-state index contributed by atoms with van der Waals surface area (Å²) < 4.78 is 0. The number of hydrogen-bond acceptors (Lipinski definition) is 2. The van der Waals surface area contributed by atoms with Crippen molar-refractivity contribution in [2.75, 3.05) is 0 Å². The van der Waals surface area contributed by atoms with Gasteiger partial charge in [-0.05, 0) is 12.4 Å². The third-order valence-electron chi connectivity index (χ3n) is 2.11. The van der Waals surface area contributed by atoms with Gasteiger partial charge in [0.05, 0.1) is 0 Å². The van der Waals surface area contributed by atoms with Crippen LogP contribution in [0.4, 0.5) is 0 Å². The van der Waals surface area contributed by atoms with Crippen molar-refractivity contribution in [3.8, 4) is 0 Å². The van der Waals surface area contributed by atoms with E-state index in [0.29, 0.717) is 5.46 Å². The Kier molecular flexibility index (Phi) is 3.63. The highest BCUT2D eigenvalue weighted by Crippen LogP contribution is 2.19. The Morgan fingerprint density at radius 1 is 1.20 bits per heavy atom. The average molecular weight is 203 g/mol. The van der Waals surface area contributed by atoms with Gasteiger partial charge in [0.25, 0.3) is 0 Å². The highest BCUT2D eigenvalue weighted by molar-refractivity contribution is 6.70. The van der Waals surface area contributed by atoms with Gasteiger partial charge >= 0.3 is 7.12 Å². The summed E-state index contributed by atoms with van der Waals surface area (Å²) in [6.07, 6.45) is 0. The van der Waals surface area contributed by atoms with Crippen molar-refractivity contribution in [2.45, 2.75) is 33.0 Å². The molecule has 0 bridgehead atoms. The van der Waals surface area contributed by atoms with E-state index in [-0.39, 0.29) is 5.31 Å². The van der Waals surface area contributed by atoms with Crippen molar-refractivity contribution < 1.29 is 10.0 Å². The van der Waals surface area contributed by atoms with Crippen LogP contribution < -0.4 is 10.9 Å². The molecule has 0 spiro atoms. The largest absolute Gasteiger partial charge is 0.487 e. The number of rotatable bonds is 2. The molecule has 2 nitrogen and oxygen atoms in total. The first-order valence-corrected chi connectivity index (χ1v) is 5.12. The summed E-state index contributed by atoms with van der Waals surface area (Å²) in [4.78, 5) is 0. The molecule has 0 aliphatic carbocycles. The Balaban J connectivity index is 3.06.